The Bertz CT molecular complexity index is 871. The first-order chi connectivity index (χ1) is 12.6. The molecule has 0 radical (unpaired) electrons. The number of esters is 1. The van der Waals surface area contributed by atoms with E-state index in [9.17, 15) is 15.3 Å². The summed E-state index contributed by atoms with van der Waals surface area (Å²) in [6, 6.07) is 13.8. The van der Waals surface area contributed by atoms with Crippen LogP contribution in [0.5, 0.6) is 0 Å². The van der Waals surface area contributed by atoms with Crippen LogP contribution in [-0.2, 0) is 9.53 Å². The van der Waals surface area contributed by atoms with Gasteiger partial charge in [0.2, 0.25) is 5.41 Å². The van der Waals surface area contributed by atoms with E-state index in [0.717, 1.165) is 42.4 Å². The van der Waals surface area contributed by atoms with E-state index in [1.807, 2.05) is 30.3 Å². The van der Waals surface area contributed by atoms with Crippen LogP contribution in [0, 0.1) is 28.1 Å². The van der Waals surface area contributed by atoms with Gasteiger partial charge in [-0.25, -0.2) is 4.79 Å². The maximum Gasteiger partial charge on any atom is 0.333 e. The summed E-state index contributed by atoms with van der Waals surface area (Å²) in [5.41, 5.74) is 7.66. The zero-order chi connectivity index (χ0) is 18.7. The minimum atomic E-state index is -1.71. The van der Waals surface area contributed by atoms with Crippen LogP contribution >= 0.6 is 0 Å². The molecule has 132 valence electrons. The van der Waals surface area contributed by atoms with Gasteiger partial charge in [0.05, 0.1) is 23.9 Å². The van der Waals surface area contributed by atoms with E-state index in [1.54, 1.807) is 6.92 Å². The van der Waals surface area contributed by atoms with E-state index in [4.69, 9.17) is 10.5 Å². The fourth-order valence-electron chi connectivity index (χ4n) is 4.18. The Morgan fingerprint density at radius 3 is 2.58 bits per heavy atom. The van der Waals surface area contributed by atoms with Crippen LogP contribution in [0.4, 0.5) is 0 Å². The molecule has 5 heteroatoms. The predicted molar refractivity (Wildman–Crippen MR) is 96.2 cm³/mol. The predicted octanol–water partition coefficient (Wildman–Crippen LogP) is 3.46. The molecule has 0 fully saturated rings. The van der Waals surface area contributed by atoms with Gasteiger partial charge in [-0.1, -0.05) is 35.9 Å². The number of allylic oxidation sites excluding steroid dienone is 3. The average molecular weight is 347 g/mol. The molecule has 0 amide bonds. The Balaban J connectivity index is 2.34. The van der Waals surface area contributed by atoms with Gasteiger partial charge in [0.1, 0.15) is 6.07 Å². The third-order valence-electron chi connectivity index (χ3n) is 5.31. The Morgan fingerprint density at radius 2 is 1.96 bits per heavy atom. The second kappa shape index (κ2) is 7.06. The summed E-state index contributed by atoms with van der Waals surface area (Å²) in [5.74, 6) is -1.21. The van der Waals surface area contributed by atoms with Crippen molar-refractivity contribution in [3.05, 3.63) is 58.3 Å². The van der Waals surface area contributed by atoms with Crippen molar-refractivity contribution >= 4 is 5.97 Å². The van der Waals surface area contributed by atoms with Crippen molar-refractivity contribution in [2.45, 2.75) is 38.5 Å². The molecule has 0 saturated heterocycles. The molecule has 2 N–H and O–H groups in total. The highest BCUT2D eigenvalue weighted by Gasteiger charge is 2.56. The number of carbonyl (C=O) groups is 1. The third kappa shape index (κ3) is 2.48. The van der Waals surface area contributed by atoms with Crippen LogP contribution in [0.25, 0.3) is 0 Å². The fourth-order valence-corrected chi connectivity index (χ4v) is 4.18. The van der Waals surface area contributed by atoms with E-state index in [0.29, 0.717) is 0 Å². The average Bonchev–Trinajstić information content (AvgIpc) is 2.68. The number of nitrogens with zero attached hydrogens (tertiary/aromatic N) is 2. The van der Waals surface area contributed by atoms with Gasteiger partial charge >= 0.3 is 5.97 Å². The van der Waals surface area contributed by atoms with Gasteiger partial charge in [0.15, 0.2) is 0 Å². The number of carbonyl (C=O) groups excluding carboxylic acids is 1. The van der Waals surface area contributed by atoms with Crippen LogP contribution in [0.2, 0.25) is 0 Å². The number of ether oxygens (including phenoxy) is 1. The summed E-state index contributed by atoms with van der Waals surface area (Å²) in [4.78, 5) is 13.0. The minimum Gasteiger partial charge on any atom is -0.464 e. The Kier molecular flexibility index (Phi) is 4.82. The van der Waals surface area contributed by atoms with Crippen molar-refractivity contribution in [1.29, 1.82) is 10.5 Å². The molecule has 1 aromatic rings. The normalized spacial score (nSPS) is 25.1. The molecule has 5 nitrogen and oxygen atoms in total. The molecule has 0 saturated carbocycles. The molecule has 0 aliphatic heterocycles. The van der Waals surface area contributed by atoms with Crippen molar-refractivity contribution in [1.82, 2.24) is 0 Å². The lowest BCUT2D eigenvalue weighted by atomic mass is 9.59. The molecule has 26 heavy (non-hydrogen) atoms. The number of nitrogens with two attached hydrogens (primary N) is 1. The standard InChI is InChI=1S/C21H21N3O2/c1-2-26-20(25)21(13-23)18(14-8-4-3-5-9-14)16-11-7-6-10-15(16)17(12-22)19(21)24/h3-5,8-9,18H,2,6-7,10-11,24H2,1H3. The van der Waals surface area contributed by atoms with Crippen molar-refractivity contribution < 1.29 is 9.53 Å². The van der Waals surface area contributed by atoms with E-state index < -0.39 is 17.3 Å². The molecule has 2 aliphatic rings. The Hall–Kier alpha value is -3.05. The molecule has 0 heterocycles. The maximum absolute atomic E-state index is 13.0. The van der Waals surface area contributed by atoms with Crippen LogP contribution in [0.15, 0.2) is 52.7 Å². The topological polar surface area (TPSA) is 99.9 Å². The van der Waals surface area contributed by atoms with Gasteiger partial charge in [-0.05, 0) is 43.7 Å². The summed E-state index contributed by atoms with van der Waals surface area (Å²) in [6.07, 6.45) is 3.42. The second-order valence-electron chi connectivity index (χ2n) is 6.60. The molecule has 0 spiro atoms. The first kappa shape index (κ1) is 17.8. The summed E-state index contributed by atoms with van der Waals surface area (Å²) in [7, 11) is 0. The summed E-state index contributed by atoms with van der Waals surface area (Å²) >= 11 is 0. The molecule has 0 bridgehead atoms. The minimum absolute atomic E-state index is 0.0236. The fraction of sp³-hybridized carbons (Fsp3) is 0.381. The highest BCUT2D eigenvalue weighted by atomic mass is 16.5. The van der Waals surface area contributed by atoms with Crippen LogP contribution in [0.1, 0.15) is 44.1 Å². The first-order valence-corrected chi connectivity index (χ1v) is 8.87. The van der Waals surface area contributed by atoms with Crippen LogP contribution in [-0.4, -0.2) is 12.6 Å². The number of nitriles is 2. The van der Waals surface area contributed by atoms with Crippen molar-refractivity contribution in [2.24, 2.45) is 11.1 Å². The third-order valence-corrected chi connectivity index (χ3v) is 5.31. The maximum atomic E-state index is 13.0. The van der Waals surface area contributed by atoms with E-state index in [1.165, 1.54) is 0 Å². The monoisotopic (exact) mass is 347 g/mol. The first-order valence-electron chi connectivity index (χ1n) is 8.87. The van der Waals surface area contributed by atoms with Gasteiger partial charge in [-0.2, -0.15) is 10.5 Å². The lowest BCUT2D eigenvalue weighted by Gasteiger charge is -2.41. The molecular weight excluding hydrogens is 326 g/mol. The van der Waals surface area contributed by atoms with E-state index in [2.05, 4.69) is 12.1 Å². The molecule has 3 rings (SSSR count). The lowest BCUT2D eigenvalue weighted by Crippen LogP contribution is -2.46. The smallest absolute Gasteiger partial charge is 0.333 e. The van der Waals surface area contributed by atoms with E-state index >= 15 is 0 Å². The Labute approximate surface area is 153 Å². The number of benzene rings is 1. The van der Waals surface area contributed by atoms with Gasteiger partial charge in [0.25, 0.3) is 0 Å². The molecule has 2 unspecified atom stereocenters. The second-order valence-corrected chi connectivity index (χ2v) is 6.60. The number of hydrogen-bond acceptors (Lipinski definition) is 5. The molecule has 2 atom stereocenters. The largest absolute Gasteiger partial charge is 0.464 e. The lowest BCUT2D eigenvalue weighted by molar-refractivity contribution is -0.151. The number of rotatable bonds is 3. The Morgan fingerprint density at radius 1 is 1.27 bits per heavy atom. The quantitative estimate of drug-likeness (QED) is 0.844. The molecule has 2 aliphatic carbocycles. The van der Waals surface area contributed by atoms with E-state index in [-0.39, 0.29) is 17.9 Å². The highest BCUT2D eigenvalue weighted by molar-refractivity contribution is 5.88. The van der Waals surface area contributed by atoms with Crippen LogP contribution < -0.4 is 5.73 Å². The molecule has 1 aromatic carbocycles. The van der Waals surface area contributed by atoms with Crippen LogP contribution in [0.3, 0.4) is 0 Å². The summed E-state index contributed by atoms with van der Waals surface area (Å²) < 4.78 is 5.26. The number of hydrogen-bond donors (Lipinski definition) is 1. The van der Waals surface area contributed by atoms with Gasteiger partial charge in [-0.15, -0.1) is 0 Å². The van der Waals surface area contributed by atoms with Crippen molar-refractivity contribution in [2.75, 3.05) is 6.61 Å². The summed E-state index contributed by atoms with van der Waals surface area (Å²) in [5, 5.41) is 19.9. The van der Waals surface area contributed by atoms with Gasteiger partial charge < -0.3 is 10.5 Å². The zero-order valence-electron chi connectivity index (χ0n) is 14.8. The highest BCUT2D eigenvalue weighted by Crippen LogP contribution is 2.55. The van der Waals surface area contributed by atoms with Gasteiger partial charge in [0, 0.05) is 5.92 Å². The van der Waals surface area contributed by atoms with Crippen molar-refractivity contribution in [3.8, 4) is 12.1 Å². The van der Waals surface area contributed by atoms with Gasteiger partial charge in [-0.3, -0.25) is 0 Å². The zero-order valence-corrected chi connectivity index (χ0v) is 14.8. The molecular formula is C21H21N3O2. The molecule has 0 aromatic heterocycles. The van der Waals surface area contributed by atoms with Crippen molar-refractivity contribution in [3.63, 3.8) is 0 Å². The SMILES string of the molecule is CCOC(=O)C1(C#N)C(N)=C(C#N)C2=C(CCCC2)C1c1ccccc1. The summed E-state index contributed by atoms with van der Waals surface area (Å²) in [6.45, 7) is 1.84.